The Labute approximate surface area is 158 Å². The van der Waals surface area contributed by atoms with Gasteiger partial charge in [0.1, 0.15) is 0 Å². The van der Waals surface area contributed by atoms with Crippen LogP contribution >= 0.6 is 11.8 Å². The molecule has 0 aliphatic rings. The van der Waals surface area contributed by atoms with Crippen LogP contribution in [0.2, 0.25) is 0 Å². The molecule has 1 N–H and O–H groups in total. The highest BCUT2D eigenvalue weighted by atomic mass is 32.2. The highest BCUT2D eigenvalue weighted by Crippen LogP contribution is 2.29. The summed E-state index contributed by atoms with van der Waals surface area (Å²) in [4.78, 5) is 16.6. The number of benzene rings is 2. The number of ketones is 1. The molecular formula is C21H23N3OS. The molecule has 26 heavy (non-hydrogen) atoms. The van der Waals surface area contributed by atoms with Crippen LogP contribution in [0.3, 0.4) is 0 Å². The van der Waals surface area contributed by atoms with Gasteiger partial charge in [0.2, 0.25) is 5.16 Å². The Morgan fingerprint density at radius 2 is 1.77 bits per heavy atom. The number of carbonyl (C=O) groups excluding carboxylic acids is 1. The number of carbonyl (C=O) groups is 1. The van der Waals surface area contributed by atoms with Crippen molar-refractivity contribution in [1.82, 2.24) is 15.2 Å². The average Bonchev–Trinajstić information content (AvgIpc) is 3.03. The van der Waals surface area contributed by atoms with E-state index in [-0.39, 0.29) is 5.78 Å². The lowest BCUT2D eigenvalue weighted by molar-refractivity contribution is 0.101. The summed E-state index contributed by atoms with van der Waals surface area (Å²) in [7, 11) is 0. The monoisotopic (exact) mass is 365 g/mol. The maximum absolute atomic E-state index is 12.0. The summed E-state index contributed by atoms with van der Waals surface area (Å²) < 4.78 is 0. The molecule has 134 valence electrons. The fraction of sp³-hybridized carbons (Fsp3) is 0.286. The first-order valence-electron chi connectivity index (χ1n) is 8.59. The van der Waals surface area contributed by atoms with Crippen molar-refractivity contribution in [3.05, 3.63) is 63.7 Å². The second-order valence-electron chi connectivity index (χ2n) is 6.67. The summed E-state index contributed by atoms with van der Waals surface area (Å²) in [5.41, 5.74) is 7.57. The number of hydrogen-bond donors (Lipinski definition) is 1. The maximum atomic E-state index is 12.0. The van der Waals surface area contributed by atoms with Gasteiger partial charge in [0.15, 0.2) is 11.6 Å². The van der Waals surface area contributed by atoms with Crippen LogP contribution in [0.25, 0.3) is 11.4 Å². The lowest BCUT2D eigenvalue weighted by Crippen LogP contribution is -2.05. The van der Waals surface area contributed by atoms with E-state index in [2.05, 4.69) is 47.2 Å². The first-order valence-corrected chi connectivity index (χ1v) is 9.58. The molecule has 0 atom stereocenters. The van der Waals surface area contributed by atoms with Crippen molar-refractivity contribution in [2.24, 2.45) is 0 Å². The SMILES string of the molecule is CC(=O)c1c(C)cc(C)c(CSc2n[nH]c(-c3ccc(C)cc3)n2)c1C. The maximum Gasteiger partial charge on any atom is 0.209 e. The zero-order valence-electron chi connectivity index (χ0n) is 15.8. The number of Topliss-reactive ketones (excluding diaryl/α,β-unsaturated/α-hetero) is 1. The van der Waals surface area contributed by atoms with Crippen molar-refractivity contribution in [1.29, 1.82) is 0 Å². The van der Waals surface area contributed by atoms with Gasteiger partial charge >= 0.3 is 0 Å². The fourth-order valence-corrected chi connectivity index (χ4v) is 4.26. The largest absolute Gasteiger partial charge is 0.294 e. The van der Waals surface area contributed by atoms with Gasteiger partial charge in [0, 0.05) is 16.9 Å². The van der Waals surface area contributed by atoms with Crippen LogP contribution in [0.5, 0.6) is 0 Å². The highest BCUT2D eigenvalue weighted by Gasteiger charge is 2.15. The quantitative estimate of drug-likeness (QED) is 0.499. The second kappa shape index (κ2) is 7.46. The lowest BCUT2D eigenvalue weighted by atomic mass is 9.92. The molecule has 0 fully saturated rings. The van der Waals surface area contributed by atoms with E-state index in [1.54, 1.807) is 18.7 Å². The normalized spacial score (nSPS) is 11.0. The minimum Gasteiger partial charge on any atom is -0.294 e. The number of H-pyrrole nitrogens is 1. The summed E-state index contributed by atoms with van der Waals surface area (Å²) in [5.74, 6) is 1.63. The van der Waals surface area contributed by atoms with Crippen molar-refractivity contribution in [3.63, 3.8) is 0 Å². The summed E-state index contributed by atoms with van der Waals surface area (Å²) >= 11 is 1.58. The third-order valence-electron chi connectivity index (χ3n) is 4.62. The van der Waals surface area contributed by atoms with Crippen molar-refractivity contribution in [2.75, 3.05) is 0 Å². The molecule has 2 aromatic carbocycles. The Morgan fingerprint density at radius 1 is 1.08 bits per heavy atom. The van der Waals surface area contributed by atoms with Gasteiger partial charge in [-0.15, -0.1) is 5.10 Å². The number of nitrogens with zero attached hydrogens (tertiary/aromatic N) is 2. The van der Waals surface area contributed by atoms with Gasteiger partial charge in [-0.25, -0.2) is 4.98 Å². The van der Waals surface area contributed by atoms with Crippen molar-refractivity contribution in [2.45, 2.75) is 45.5 Å². The number of aromatic nitrogens is 3. The van der Waals surface area contributed by atoms with E-state index in [0.717, 1.165) is 33.8 Å². The molecule has 0 radical (unpaired) electrons. The van der Waals surface area contributed by atoms with E-state index in [9.17, 15) is 4.79 Å². The first kappa shape index (κ1) is 18.4. The predicted octanol–water partition coefficient (Wildman–Crippen LogP) is 5.20. The van der Waals surface area contributed by atoms with Gasteiger partial charge in [-0.05, 0) is 56.9 Å². The Hall–Kier alpha value is -2.40. The molecule has 0 amide bonds. The summed E-state index contributed by atoms with van der Waals surface area (Å²) in [5, 5.41) is 8.05. The molecule has 0 spiro atoms. The smallest absolute Gasteiger partial charge is 0.209 e. The van der Waals surface area contributed by atoms with Crippen LogP contribution < -0.4 is 0 Å². The molecule has 4 nitrogen and oxygen atoms in total. The number of aryl methyl sites for hydroxylation is 3. The van der Waals surface area contributed by atoms with Crippen LogP contribution in [0.4, 0.5) is 0 Å². The summed E-state index contributed by atoms with van der Waals surface area (Å²) in [6.45, 7) is 9.81. The topological polar surface area (TPSA) is 58.6 Å². The van der Waals surface area contributed by atoms with Gasteiger partial charge in [-0.1, -0.05) is 47.7 Å². The Kier molecular flexibility index (Phi) is 5.28. The molecule has 5 heteroatoms. The Bertz CT molecular complexity index is 958. The van der Waals surface area contributed by atoms with Crippen LogP contribution in [0.1, 0.15) is 45.1 Å². The van der Waals surface area contributed by atoms with Crippen LogP contribution in [-0.4, -0.2) is 21.0 Å². The van der Waals surface area contributed by atoms with Crippen molar-refractivity contribution < 1.29 is 4.79 Å². The average molecular weight is 366 g/mol. The van der Waals surface area contributed by atoms with E-state index < -0.39 is 0 Å². The van der Waals surface area contributed by atoms with E-state index in [4.69, 9.17) is 0 Å². The molecular weight excluding hydrogens is 342 g/mol. The molecule has 1 heterocycles. The lowest BCUT2D eigenvalue weighted by Gasteiger charge is -2.15. The van der Waals surface area contributed by atoms with Crippen LogP contribution in [-0.2, 0) is 5.75 Å². The number of rotatable bonds is 5. The molecule has 0 unspecified atom stereocenters. The number of hydrogen-bond acceptors (Lipinski definition) is 4. The summed E-state index contributed by atoms with van der Waals surface area (Å²) in [6.07, 6.45) is 0. The number of nitrogens with one attached hydrogen (secondary N) is 1. The molecule has 0 saturated heterocycles. The first-order chi connectivity index (χ1) is 12.4. The molecule has 1 aromatic heterocycles. The van der Waals surface area contributed by atoms with Crippen molar-refractivity contribution in [3.8, 4) is 11.4 Å². The third kappa shape index (κ3) is 3.73. The van der Waals surface area contributed by atoms with Crippen LogP contribution in [0, 0.1) is 27.7 Å². The van der Waals surface area contributed by atoms with Gasteiger partial charge in [0.05, 0.1) is 0 Å². The molecule has 0 aliphatic heterocycles. The minimum atomic E-state index is 0.116. The van der Waals surface area contributed by atoms with Gasteiger partial charge in [-0.2, -0.15) is 0 Å². The van der Waals surface area contributed by atoms with E-state index in [1.807, 2.05) is 26.0 Å². The van der Waals surface area contributed by atoms with Gasteiger partial charge < -0.3 is 0 Å². The highest BCUT2D eigenvalue weighted by molar-refractivity contribution is 7.98. The van der Waals surface area contributed by atoms with E-state index >= 15 is 0 Å². The molecule has 0 bridgehead atoms. The van der Waals surface area contributed by atoms with Gasteiger partial charge in [0.25, 0.3) is 0 Å². The number of aromatic amines is 1. The fourth-order valence-electron chi connectivity index (χ4n) is 3.28. The predicted molar refractivity (Wildman–Crippen MR) is 107 cm³/mol. The Morgan fingerprint density at radius 3 is 2.42 bits per heavy atom. The number of thioether (sulfide) groups is 1. The molecule has 0 aliphatic carbocycles. The van der Waals surface area contributed by atoms with Gasteiger partial charge in [-0.3, -0.25) is 9.89 Å². The second-order valence-corrected chi connectivity index (χ2v) is 7.61. The van der Waals surface area contributed by atoms with E-state index in [0.29, 0.717) is 5.16 Å². The molecule has 0 saturated carbocycles. The zero-order chi connectivity index (χ0) is 18.8. The minimum absolute atomic E-state index is 0.116. The molecule has 3 aromatic rings. The van der Waals surface area contributed by atoms with Crippen LogP contribution in [0.15, 0.2) is 35.5 Å². The standard InChI is InChI=1S/C21H23N3OS/c1-12-6-8-17(9-7-12)20-22-21(24-23-20)26-11-18-13(2)10-14(3)19(15(18)4)16(5)25/h6-10H,11H2,1-5H3,(H,22,23,24). The van der Waals surface area contributed by atoms with Crippen molar-refractivity contribution >= 4 is 17.5 Å². The zero-order valence-corrected chi connectivity index (χ0v) is 16.6. The van der Waals surface area contributed by atoms with E-state index in [1.165, 1.54) is 16.7 Å². The summed E-state index contributed by atoms with van der Waals surface area (Å²) in [6, 6.07) is 10.3. The Balaban J connectivity index is 1.81. The molecule has 3 rings (SSSR count). The third-order valence-corrected chi connectivity index (χ3v) is 5.49.